The second kappa shape index (κ2) is 3.64. The molecular weight excluding hydrogens is 276 g/mol. The molecule has 0 amide bonds. The van der Waals surface area contributed by atoms with E-state index < -0.39 is 0 Å². The van der Waals surface area contributed by atoms with Crippen LogP contribution in [0.15, 0.2) is 4.79 Å². The molecule has 0 saturated heterocycles. The Morgan fingerprint density at radius 1 is 1.40 bits per heavy atom. The molecule has 4 heterocycles. The van der Waals surface area contributed by atoms with Crippen molar-refractivity contribution in [3.05, 3.63) is 20.8 Å². The lowest BCUT2D eigenvalue weighted by Crippen LogP contribution is -2.45. The minimum Gasteiger partial charge on any atom is -0.296 e. The first-order valence-corrected chi connectivity index (χ1v) is 7.24. The van der Waals surface area contributed by atoms with Gasteiger partial charge in [-0.05, 0) is 38.1 Å². The van der Waals surface area contributed by atoms with Crippen molar-refractivity contribution in [2.45, 2.75) is 32.4 Å². The number of tetrazole rings is 1. The molecule has 0 radical (unpaired) electrons. The zero-order valence-corrected chi connectivity index (χ0v) is 12.3. The molecule has 104 valence electrons. The predicted octanol–water partition coefficient (Wildman–Crippen LogP) is 0.794. The van der Waals surface area contributed by atoms with Crippen molar-refractivity contribution < 1.29 is 0 Å². The maximum atomic E-state index is 12.6. The maximum Gasteiger partial charge on any atom is 0.284 e. The van der Waals surface area contributed by atoms with Crippen LogP contribution in [0, 0.1) is 0 Å². The topological polar surface area (TPSA) is 79.2 Å². The van der Waals surface area contributed by atoms with Crippen LogP contribution in [0.5, 0.6) is 0 Å². The van der Waals surface area contributed by atoms with E-state index in [1.807, 2.05) is 0 Å². The largest absolute Gasteiger partial charge is 0.296 e. The van der Waals surface area contributed by atoms with Crippen LogP contribution in [0.1, 0.15) is 24.3 Å². The number of likely N-dealkylation sites (N-methyl/N-ethyl adjacent to an activating group) is 1. The fourth-order valence-electron chi connectivity index (χ4n) is 2.72. The summed E-state index contributed by atoms with van der Waals surface area (Å²) in [5.41, 5.74) is 1.07. The summed E-state index contributed by atoms with van der Waals surface area (Å²) in [7, 11) is 2.11. The van der Waals surface area contributed by atoms with Gasteiger partial charge in [-0.15, -0.1) is 11.3 Å². The van der Waals surface area contributed by atoms with Gasteiger partial charge in [0.25, 0.3) is 11.3 Å². The van der Waals surface area contributed by atoms with E-state index >= 15 is 0 Å². The molecule has 0 unspecified atom stereocenters. The van der Waals surface area contributed by atoms with E-state index in [4.69, 9.17) is 0 Å². The van der Waals surface area contributed by atoms with Crippen molar-refractivity contribution in [3.8, 4) is 0 Å². The van der Waals surface area contributed by atoms with E-state index in [1.54, 1.807) is 11.3 Å². The Balaban J connectivity index is 2.09. The molecule has 8 heteroatoms. The van der Waals surface area contributed by atoms with Crippen molar-refractivity contribution >= 4 is 27.3 Å². The molecule has 1 aliphatic heterocycles. The Morgan fingerprint density at radius 3 is 3.00 bits per heavy atom. The second-order valence-electron chi connectivity index (χ2n) is 5.88. The Bertz CT molecular complexity index is 888. The summed E-state index contributed by atoms with van der Waals surface area (Å²) < 4.78 is 1.31. The van der Waals surface area contributed by atoms with Gasteiger partial charge in [-0.3, -0.25) is 9.69 Å². The SMILES string of the molecule is CN1Cc2sc3nc4nn[nH]n4c(=O)c3c2CC1(C)C. The van der Waals surface area contributed by atoms with Gasteiger partial charge in [-0.2, -0.15) is 14.7 Å². The minimum absolute atomic E-state index is 0.0410. The zero-order chi connectivity index (χ0) is 14.1. The number of hydrogen-bond acceptors (Lipinski definition) is 6. The molecule has 0 fully saturated rings. The van der Waals surface area contributed by atoms with Gasteiger partial charge < -0.3 is 0 Å². The first-order chi connectivity index (χ1) is 9.47. The van der Waals surface area contributed by atoms with Crippen molar-refractivity contribution in [1.82, 2.24) is 29.9 Å². The molecule has 0 atom stereocenters. The van der Waals surface area contributed by atoms with E-state index in [0.717, 1.165) is 28.7 Å². The van der Waals surface area contributed by atoms with Crippen LogP contribution in [0.2, 0.25) is 0 Å². The number of fused-ring (bicyclic) bond motifs is 4. The number of H-pyrrole nitrogens is 1. The number of nitrogens with zero attached hydrogens (tertiary/aromatic N) is 5. The molecule has 3 aromatic heterocycles. The van der Waals surface area contributed by atoms with Crippen LogP contribution in [-0.2, 0) is 13.0 Å². The summed E-state index contributed by atoms with van der Waals surface area (Å²) >= 11 is 1.59. The smallest absolute Gasteiger partial charge is 0.284 e. The van der Waals surface area contributed by atoms with E-state index in [-0.39, 0.29) is 11.1 Å². The second-order valence-corrected chi connectivity index (χ2v) is 6.97. The van der Waals surface area contributed by atoms with Gasteiger partial charge >= 0.3 is 0 Å². The van der Waals surface area contributed by atoms with Crippen molar-refractivity contribution in [3.63, 3.8) is 0 Å². The van der Waals surface area contributed by atoms with Crippen LogP contribution in [0.3, 0.4) is 0 Å². The van der Waals surface area contributed by atoms with Crippen molar-refractivity contribution in [2.75, 3.05) is 7.05 Å². The third-order valence-electron chi connectivity index (χ3n) is 4.20. The number of rotatable bonds is 0. The van der Waals surface area contributed by atoms with Gasteiger partial charge in [0.2, 0.25) is 0 Å². The maximum absolute atomic E-state index is 12.6. The predicted molar refractivity (Wildman–Crippen MR) is 76.0 cm³/mol. The van der Waals surface area contributed by atoms with Gasteiger partial charge in [0.15, 0.2) is 0 Å². The highest BCUT2D eigenvalue weighted by molar-refractivity contribution is 7.18. The summed E-state index contributed by atoms with van der Waals surface area (Å²) in [6, 6.07) is 0. The molecule has 20 heavy (non-hydrogen) atoms. The highest BCUT2D eigenvalue weighted by Crippen LogP contribution is 2.37. The highest BCUT2D eigenvalue weighted by Gasteiger charge is 2.33. The van der Waals surface area contributed by atoms with E-state index in [2.05, 4.69) is 46.3 Å². The summed E-state index contributed by atoms with van der Waals surface area (Å²) in [4.78, 5) is 21.3. The van der Waals surface area contributed by atoms with Gasteiger partial charge in [-0.25, -0.2) is 0 Å². The lowest BCUT2D eigenvalue weighted by molar-refractivity contribution is 0.136. The Kier molecular flexibility index (Phi) is 2.18. The molecule has 1 N–H and O–H groups in total. The molecule has 7 nitrogen and oxygen atoms in total. The van der Waals surface area contributed by atoms with E-state index in [9.17, 15) is 4.79 Å². The summed E-state index contributed by atoms with van der Waals surface area (Å²) in [5, 5.41) is 10.8. The number of nitrogens with one attached hydrogen (secondary N) is 1. The first kappa shape index (κ1) is 12.0. The molecule has 0 aromatic carbocycles. The average molecular weight is 290 g/mol. The lowest BCUT2D eigenvalue weighted by Gasteiger charge is -2.39. The van der Waals surface area contributed by atoms with Gasteiger partial charge in [0.05, 0.1) is 5.39 Å². The lowest BCUT2D eigenvalue weighted by atomic mass is 9.88. The van der Waals surface area contributed by atoms with Crippen molar-refractivity contribution in [1.29, 1.82) is 0 Å². The number of hydrogen-bond donors (Lipinski definition) is 1. The summed E-state index contributed by atoms with van der Waals surface area (Å²) in [6.45, 7) is 5.24. The highest BCUT2D eigenvalue weighted by atomic mass is 32.1. The average Bonchev–Trinajstić information content (AvgIpc) is 2.94. The van der Waals surface area contributed by atoms with Crippen molar-refractivity contribution in [2.24, 2.45) is 0 Å². The van der Waals surface area contributed by atoms with Crippen LogP contribution in [0.4, 0.5) is 0 Å². The van der Waals surface area contributed by atoms with E-state index in [0.29, 0.717) is 5.78 Å². The Labute approximate surface area is 118 Å². The van der Waals surface area contributed by atoms with Crippen LogP contribution in [-0.4, -0.2) is 42.5 Å². The molecule has 0 bridgehead atoms. The Morgan fingerprint density at radius 2 is 2.20 bits per heavy atom. The monoisotopic (exact) mass is 290 g/mol. The minimum atomic E-state index is -0.104. The molecule has 1 aliphatic rings. The molecule has 3 aromatic rings. The Hall–Kier alpha value is -1.80. The van der Waals surface area contributed by atoms with E-state index in [1.165, 1.54) is 9.39 Å². The molecule has 0 spiro atoms. The number of aromatic nitrogens is 5. The fraction of sp³-hybridized carbons (Fsp3) is 0.500. The molecule has 4 rings (SSSR count). The summed E-state index contributed by atoms with van der Waals surface area (Å²) in [6.07, 6.45) is 0.851. The normalized spacial score (nSPS) is 18.8. The van der Waals surface area contributed by atoms with Crippen LogP contribution >= 0.6 is 11.3 Å². The van der Waals surface area contributed by atoms with Gasteiger partial charge in [0, 0.05) is 17.0 Å². The standard InChI is InChI=1S/C12H14N6OS/c1-12(2)4-6-7(5-17(12)3)20-9-8(6)10(19)18-11(13-9)14-15-16-18/h4-5H2,1-3H3,(H,13,14,16). The first-order valence-electron chi connectivity index (χ1n) is 6.43. The molecule has 0 aliphatic carbocycles. The number of aromatic amines is 1. The van der Waals surface area contributed by atoms with Gasteiger partial charge in [0.1, 0.15) is 4.83 Å². The number of thiophene rings is 1. The zero-order valence-electron chi connectivity index (χ0n) is 11.5. The van der Waals surface area contributed by atoms with Crippen LogP contribution in [0.25, 0.3) is 16.0 Å². The summed E-state index contributed by atoms with van der Waals surface area (Å²) in [5.74, 6) is 0.328. The third-order valence-corrected chi connectivity index (χ3v) is 5.31. The fourth-order valence-corrected chi connectivity index (χ4v) is 3.95. The molecular formula is C12H14N6OS. The quantitative estimate of drug-likeness (QED) is 0.662. The molecule has 0 saturated carbocycles. The van der Waals surface area contributed by atoms with Gasteiger partial charge in [-0.1, -0.05) is 5.10 Å². The third kappa shape index (κ3) is 1.43. The van der Waals surface area contributed by atoms with Crippen LogP contribution < -0.4 is 5.56 Å².